The monoisotopic (exact) mass is 485 g/mol. The SMILES string of the molecule is CCOc1cc(Br)c(CC(=O)Nc2ccc(C(=O)c3nccn3C)cc2)cc1OCC. The first-order valence-electron chi connectivity index (χ1n) is 9.92. The summed E-state index contributed by atoms with van der Waals surface area (Å²) in [5, 5.41) is 2.86. The van der Waals surface area contributed by atoms with E-state index in [4.69, 9.17) is 9.47 Å². The molecule has 0 atom stereocenters. The van der Waals surface area contributed by atoms with Crippen LogP contribution in [0.5, 0.6) is 11.5 Å². The van der Waals surface area contributed by atoms with Crippen LogP contribution in [0, 0.1) is 0 Å². The lowest BCUT2D eigenvalue weighted by atomic mass is 10.1. The van der Waals surface area contributed by atoms with E-state index in [0.717, 1.165) is 10.0 Å². The van der Waals surface area contributed by atoms with Crippen LogP contribution in [0.3, 0.4) is 0 Å². The van der Waals surface area contributed by atoms with E-state index in [9.17, 15) is 9.59 Å². The highest BCUT2D eigenvalue weighted by atomic mass is 79.9. The quantitative estimate of drug-likeness (QED) is 0.454. The van der Waals surface area contributed by atoms with Crippen molar-refractivity contribution in [3.8, 4) is 11.5 Å². The van der Waals surface area contributed by atoms with Gasteiger partial charge in [-0.15, -0.1) is 0 Å². The molecule has 31 heavy (non-hydrogen) atoms. The number of benzene rings is 2. The Morgan fingerprint density at radius 3 is 2.29 bits per heavy atom. The summed E-state index contributed by atoms with van der Waals surface area (Å²) < 4.78 is 13.7. The van der Waals surface area contributed by atoms with Gasteiger partial charge in [-0.3, -0.25) is 9.59 Å². The minimum atomic E-state index is -0.185. The molecule has 8 heteroatoms. The number of aromatic nitrogens is 2. The molecule has 1 aromatic heterocycles. The van der Waals surface area contributed by atoms with E-state index >= 15 is 0 Å². The predicted molar refractivity (Wildman–Crippen MR) is 122 cm³/mol. The van der Waals surface area contributed by atoms with E-state index < -0.39 is 0 Å². The molecule has 0 saturated heterocycles. The van der Waals surface area contributed by atoms with Crippen LogP contribution < -0.4 is 14.8 Å². The Morgan fingerprint density at radius 1 is 1.06 bits per heavy atom. The zero-order valence-electron chi connectivity index (χ0n) is 17.6. The summed E-state index contributed by atoms with van der Waals surface area (Å²) in [4.78, 5) is 29.2. The van der Waals surface area contributed by atoms with Gasteiger partial charge in [0, 0.05) is 35.2 Å². The van der Waals surface area contributed by atoms with E-state index in [-0.39, 0.29) is 18.1 Å². The fraction of sp³-hybridized carbons (Fsp3) is 0.261. The Labute approximate surface area is 189 Å². The molecule has 0 aliphatic carbocycles. The Balaban J connectivity index is 1.69. The molecule has 0 bridgehead atoms. The summed E-state index contributed by atoms with van der Waals surface area (Å²) in [5.74, 6) is 1.24. The van der Waals surface area contributed by atoms with Gasteiger partial charge >= 0.3 is 0 Å². The maximum absolute atomic E-state index is 12.6. The van der Waals surface area contributed by atoms with Crippen molar-refractivity contribution in [3.63, 3.8) is 0 Å². The lowest BCUT2D eigenvalue weighted by Gasteiger charge is -2.14. The third-order valence-corrected chi connectivity index (χ3v) is 5.26. The van der Waals surface area contributed by atoms with Gasteiger partial charge in [-0.1, -0.05) is 15.9 Å². The van der Waals surface area contributed by atoms with Gasteiger partial charge in [-0.2, -0.15) is 0 Å². The average Bonchev–Trinajstić information content (AvgIpc) is 3.17. The number of anilines is 1. The van der Waals surface area contributed by atoms with Crippen molar-refractivity contribution in [2.75, 3.05) is 18.5 Å². The second-order valence-electron chi connectivity index (χ2n) is 6.75. The van der Waals surface area contributed by atoms with Crippen LogP contribution in [0.15, 0.2) is 53.3 Å². The number of imidazole rings is 1. The van der Waals surface area contributed by atoms with Crippen LogP contribution in [0.25, 0.3) is 0 Å². The second kappa shape index (κ2) is 10.3. The molecule has 0 aliphatic rings. The van der Waals surface area contributed by atoms with Crippen molar-refractivity contribution in [2.45, 2.75) is 20.3 Å². The molecule has 0 fully saturated rings. The molecule has 162 valence electrons. The molecule has 0 saturated carbocycles. The van der Waals surface area contributed by atoms with Crippen molar-refractivity contribution in [3.05, 3.63) is 70.2 Å². The van der Waals surface area contributed by atoms with E-state index in [0.29, 0.717) is 41.8 Å². The van der Waals surface area contributed by atoms with Crippen LogP contribution in [0.4, 0.5) is 5.69 Å². The number of nitrogens with zero attached hydrogens (tertiary/aromatic N) is 2. The number of hydrogen-bond donors (Lipinski definition) is 1. The number of nitrogens with one attached hydrogen (secondary N) is 1. The Morgan fingerprint density at radius 2 is 1.71 bits per heavy atom. The molecule has 0 unspecified atom stereocenters. The minimum absolute atomic E-state index is 0.154. The number of hydrogen-bond acceptors (Lipinski definition) is 5. The number of halogens is 1. The summed E-state index contributed by atoms with van der Waals surface area (Å²) in [6.07, 6.45) is 3.46. The lowest BCUT2D eigenvalue weighted by Crippen LogP contribution is -2.15. The molecule has 3 rings (SSSR count). The zero-order valence-corrected chi connectivity index (χ0v) is 19.2. The molecule has 1 N–H and O–H groups in total. The zero-order chi connectivity index (χ0) is 22.4. The Kier molecular flexibility index (Phi) is 7.46. The van der Waals surface area contributed by atoms with E-state index in [1.165, 1.54) is 0 Å². The molecule has 0 radical (unpaired) electrons. The van der Waals surface area contributed by atoms with E-state index in [2.05, 4.69) is 26.2 Å². The fourth-order valence-electron chi connectivity index (χ4n) is 3.05. The fourth-order valence-corrected chi connectivity index (χ4v) is 3.51. The third kappa shape index (κ3) is 5.52. The minimum Gasteiger partial charge on any atom is -0.490 e. The van der Waals surface area contributed by atoms with Gasteiger partial charge in [0.15, 0.2) is 17.3 Å². The highest BCUT2D eigenvalue weighted by Gasteiger charge is 2.15. The number of rotatable bonds is 9. The van der Waals surface area contributed by atoms with Gasteiger partial charge in [0.1, 0.15) is 0 Å². The number of carbonyl (C=O) groups excluding carboxylic acids is 2. The normalized spacial score (nSPS) is 10.6. The van der Waals surface area contributed by atoms with Gasteiger partial charge in [0.25, 0.3) is 0 Å². The standard InChI is InChI=1S/C23H24BrN3O4/c1-4-30-19-12-16(18(24)14-20(19)31-5-2)13-21(28)26-17-8-6-15(7-9-17)22(29)23-25-10-11-27(23)3/h6-12,14H,4-5,13H2,1-3H3,(H,26,28). The smallest absolute Gasteiger partial charge is 0.228 e. The molecule has 3 aromatic rings. The van der Waals surface area contributed by atoms with Crippen LogP contribution in [0.2, 0.25) is 0 Å². The van der Waals surface area contributed by atoms with Crippen LogP contribution in [-0.4, -0.2) is 34.5 Å². The van der Waals surface area contributed by atoms with Gasteiger partial charge in [-0.05, 0) is 55.8 Å². The molecule has 0 aliphatic heterocycles. The average molecular weight is 486 g/mol. The molecule has 7 nitrogen and oxygen atoms in total. The lowest BCUT2D eigenvalue weighted by molar-refractivity contribution is -0.115. The first-order valence-corrected chi connectivity index (χ1v) is 10.7. The highest BCUT2D eigenvalue weighted by Crippen LogP contribution is 2.34. The molecule has 2 aromatic carbocycles. The number of aryl methyl sites for hydroxylation is 1. The molecule has 0 spiro atoms. The summed E-state index contributed by atoms with van der Waals surface area (Å²) in [7, 11) is 1.77. The maximum atomic E-state index is 12.6. The van der Waals surface area contributed by atoms with Gasteiger partial charge < -0.3 is 19.4 Å². The predicted octanol–water partition coefficient (Wildman–Crippen LogP) is 4.39. The van der Waals surface area contributed by atoms with Gasteiger partial charge in [-0.25, -0.2) is 4.98 Å². The van der Waals surface area contributed by atoms with Crippen LogP contribution >= 0.6 is 15.9 Å². The third-order valence-electron chi connectivity index (χ3n) is 4.52. The molecule has 1 heterocycles. The van der Waals surface area contributed by atoms with Gasteiger partial charge in [0.2, 0.25) is 11.7 Å². The molecule has 1 amide bonds. The van der Waals surface area contributed by atoms with E-state index in [1.807, 2.05) is 26.0 Å². The molecular weight excluding hydrogens is 462 g/mol. The van der Waals surface area contributed by atoms with E-state index in [1.54, 1.807) is 48.3 Å². The van der Waals surface area contributed by atoms with Crippen molar-refractivity contribution < 1.29 is 19.1 Å². The van der Waals surface area contributed by atoms with Crippen molar-refractivity contribution in [2.24, 2.45) is 7.05 Å². The van der Waals surface area contributed by atoms with Crippen molar-refractivity contribution >= 4 is 33.3 Å². The summed E-state index contributed by atoms with van der Waals surface area (Å²) in [5.41, 5.74) is 1.89. The second-order valence-corrected chi connectivity index (χ2v) is 7.60. The van der Waals surface area contributed by atoms with Crippen molar-refractivity contribution in [1.29, 1.82) is 0 Å². The Hall–Kier alpha value is -3.13. The topological polar surface area (TPSA) is 82.5 Å². The van der Waals surface area contributed by atoms with Gasteiger partial charge in [0.05, 0.1) is 19.6 Å². The number of ketones is 1. The Bertz CT molecular complexity index is 1080. The van der Waals surface area contributed by atoms with Crippen molar-refractivity contribution in [1.82, 2.24) is 9.55 Å². The number of ether oxygens (including phenoxy) is 2. The summed E-state index contributed by atoms with van der Waals surface area (Å²) in [6.45, 7) is 4.81. The summed E-state index contributed by atoms with van der Waals surface area (Å²) >= 11 is 3.51. The highest BCUT2D eigenvalue weighted by molar-refractivity contribution is 9.10. The number of amides is 1. The molecular formula is C23H24BrN3O4. The summed E-state index contributed by atoms with van der Waals surface area (Å²) in [6, 6.07) is 10.4. The maximum Gasteiger partial charge on any atom is 0.228 e. The van der Waals surface area contributed by atoms with Crippen LogP contribution in [-0.2, 0) is 18.3 Å². The first-order chi connectivity index (χ1) is 14.9. The van der Waals surface area contributed by atoms with Crippen LogP contribution in [0.1, 0.15) is 35.6 Å². The number of carbonyl (C=O) groups is 2. The first kappa shape index (κ1) is 22.6. The largest absolute Gasteiger partial charge is 0.490 e.